The number of nitrogens with zero attached hydrogens (tertiary/aromatic N) is 1. The van der Waals surface area contributed by atoms with Crippen molar-refractivity contribution in [1.82, 2.24) is 9.97 Å². The zero-order valence-corrected chi connectivity index (χ0v) is 10.5. The van der Waals surface area contributed by atoms with Crippen LogP contribution in [0.15, 0.2) is 36.4 Å². The van der Waals surface area contributed by atoms with Crippen LogP contribution in [0.25, 0.3) is 11.0 Å². The van der Waals surface area contributed by atoms with Gasteiger partial charge in [0.25, 0.3) is 5.91 Å². The summed E-state index contributed by atoms with van der Waals surface area (Å²) >= 11 is 0. The SMILES string of the molecule is O=C(Nc1nc2ccccc2[nH]1)c1cc(F)c(F)c(F)c1. The van der Waals surface area contributed by atoms with Crippen molar-refractivity contribution in [1.29, 1.82) is 0 Å². The molecule has 0 fully saturated rings. The van der Waals surface area contributed by atoms with E-state index in [0.29, 0.717) is 23.2 Å². The number of para-hydroxylation sites is 2. The number of carbonyl (C=O) groups is 1. The van der Waals surface area contributed by atoms with Gasteiger partial charge in [0.1, 0.15) is 0 Å². The second kappa shape index (κ2) is 4.93. The molecule has 106 valence electrons. The number of fused-ring (bicyclic) bond motifs is 1. The summed E-state index contributed by atoms with van der Waals surface area (Å²) < 4.78 is 39.0. The lowest BCUT2D eigenvalue weighted by Gasteiger charge is -2.03. The number of H-pyrrole nitrogens is 1. The molecule has 0 aliphatic carbocycles. The number of nitrogens with one attached hydrogen (secondary N) is 2. The summed E-state index contributed by atoms with van der Waals surface area (Å²) in [5.41, 5.74) is 0.986. The molecular formula is C14H8F3N3O. The van der Waals surface area contributed by atoms with Crippen LogP contribution in [-0.2, 0) is 0 Å². The van der Waals surface area contributed by atoms with E-state index in [4.69, 9.17) is 0 Å². The van der Waals surface area contributed by atoms with Crippen molar-refractivity contribution in [3.63, 3.8) is 0 Å². The molecule has 0 saturated heterocycles. The molecule has 0 saturated carbocycles. The number of hydrogen-bond acceptors (Lipinski definition) is 2. The molecule has 0 aliphatic heterocycles. The molecule has 3 aromatic rings. The van der Waals surface area contributed by atoms with Crippen LogP contribution < -0.4 is 5.32 Å². The molecule has 0 unspecified atom stereocenters. The highest BCUT2D eigenvalue weighted by Crippen LogP contribution is 2.16. The topological polar surface area (TPSA) is 57.8 Å². The highest BCUT2D eigenvalue weighted by atomic mass is 19.2. The van der Waals surface area contributed by atoms with Gasteiger partial charge in [0.05, 0.1) is 11.0 Å². The molecule has 1 amide bonds. The molecule has 7 heteroatoms. The van der Waals surface area contributed by atoms with Crippen molar-refractivity contribution in [2.45, 2.75) is 0 Å². The molecule has 3 rings (SSSR count). The Morgan fingerprint density at radius 2 is 1.76 bits per heavy atom. The number of halogens is 3. The summed E-state index contributed by atoms with van der Waals surface area (Å²) in [5, 5.41) is 2.36. The lowest BCUT2D eigenvalue weighted by Crippen LogP contribution is -2.14. The normalized spacial score (nSPS) is 10.8. The molecule has 21 heavy (non-hydrogen) atoms. The lowest BCUT2D eigenvalue weighted by atomic mass is 10.2. The van der Waals surface area contributed by atoms with E-state index < -0.39 is 23.4 Å². The smallest absolute Gasteiger partial charge is 0.258 e. The fourth-order valence-corrected chi connectivity index (χ4v) is 1.88. The molecule has 0 spiro atoms. The molecule has 0 radical (unpaired) electrons. The average molecular weight is 291 g/mol. The number of carbonyl (C=O) groups excluding carboxylic acids is 1. The summed E-state index contributed by atoms with van der Waals surface area (Å²) in [6.45, 7) is 0. The second-order valence-corrected chi connectivity index (χ2v) is 4.31. The van der Waals surface area contributed by atoms with Crippen LogP contribution in [-0.4, -0.2) is 15.9 Å². The fraction of sp³-hybridized carbons (Fsp3) is 0. The van der Waals surface area contributed by atoms with Crippen LogP contribution in [0, 0.1) is 17.5 Å². The first-order valence-electron chi connectivity index (χ1n) is 5.95. The maximum Gasteiger partial charge on any atom is 0.258 e. The van der Waals surface area contributed by atoms with Gasteiger partial charge in [-0.25, -0.2) is 18.2 Å². The zero-order valence-electron chi connectivity index (χ0n) is 10.5. The van der Waals surface area contributed by atoms with Crippen LogP contribution in [0.4, 0.5) is 19.1 Å². The summed E-state index contributed by atoms with van der Waals surface area (Å²) in [4.78, 5) is 18.8. The number of aromatic amines is 1. The van der Waals surface area contributed by atoms with Crippen LogP contribution >= 0.6 is 0 Å². The predicted octanol–water partition coefficient (Wildman–Crippen LogP) is 3.23. The summed E-state index contributed by atoms with van der Waals surface area (Å²) in [7, 11) is 0. The van der Waals surface area contributed by atoms with E-state index >= 15 is 0 Å². The number of amides is 1. The first-order valence-corrected chi connectivity index (χ1v) is 5.95. The minimum Gasteiger partial charge on any atom is -0.324 e. The number of benzene rings is 2. The largest absolute Gasteiger partial charge is 0.324 e. The van der Waals surface area contributed by atoms with Gasteiger partial charge in [0.15, 0.2) is 17.5 Å². The number of hydrogen-bond donors (Lipinski definition) is 2. The zero-order chi connectivity index (χ0) is 15.0. The molecule has 0 aliphatic rings. The van der Waals surface area contributed by atoms with Gasteiger partial charge in [-0.1, -0.05) is 12.1 Å². The van der Waals surface area contributed by atoms with Gasteiger partial charge in [-0.05, 0) is 24.3 Å². The Hall–Kier alpha value is -2.83. The van der Waals surface area contributed by atoms with Crippen LogP contribution in [0.1, 0.15) is 10.4 Å². The van der Waals surface area contributed by atoms with Gasteiger partial charge >= 0.3 is 0 Å². The van der Waals surface area contributed by atoms with E-state index in [2.05, 4.69) is 15.3 Å². The number of imidazole rings is 1. The third-order valence-electron chi connectivity index (χ3n) is 2.87. The summed E-state index contributed by atoms with van der Waals surface area (Å²) in [6, 6.07) is 8.30. The lowest BCUT2D eigenvalue weighted by molar-refractivity contribution is 0.102. The highest BCUT2D eigenvalue weighted by molar-refractivity contribution is 6.03. The summed E-state index contributed by atoms with van der Waals surface area (Å²) in [6.07, 6.45) is 0. The first kappa shape index (κ1) is 13.2. The van der Waals surface area contributed by atoms with Gasteiger partial charge in [-0.3, -0.25) is 10.1 Å². The highest BCUT2D eigenvalue weighted by Gasteiger charge is 2.16. The Labute approximate surface area is 116 Å². The first-order chi connectivity index (χ1) is 10.0. The fourth-order valence-electron chi connectivity index (χ4n) is 1.88. The van der Waals surface area contributed by atoms with E-state index in [0.717, 1.165) is 0 Å². The van der Waals surface area contributed by atoms with Gasteiger partial charge in [-0.15, -0.1) is 0 Å². The molecule has 1 aromatic heterocycles. The number of aromatic nitrogens is 2. The molecule has 0 atom stereocenters. The van der Waals surface area contributed by atoms with E-state index in [9.17, 15) is 18.0 Å². The van der Waals surface area contributed by atoms with Gasteiger partial charge in [-0.2, -0.15) is 0 Å². The third-order valence-corrected chi connectivity index (χ3v) is 2.87. The van der Waals surface area contributed by atoms with E-state index in [1.165, 1.54) is 0 Å². The van der Waals surface area contributed by atoms with Crippen LogP contribution in [0.2, 0.25) is 0 Å². The van der Waals surface area contributed by atoms with Crippen LogP contribution in [0.5, 0.6) is 0 Å². The standard InChI is InChI=1S/C14H8F3N3O/c15-8-5-7(6-9(16)12(8)17)13(21)20-14-18-10-3-1-2-4-11(10)19-14/h1-6H,(H2,18,19,20,21). The Morgan fingerprint density at radius 1 is 1.10 bits per heavy atom. The van der Waals surface area contributed by atoms with Crippen molar-refractivity contribution in [3.8, 4) is 0 Å². The van der Waals surface area contributed by atoms with Gasteiger partial charge in [0, 0.05) is 5.56 Å². The van der Waals surface area contributed by atoms with Crippen molar-refractivity contribution < 1.29 is 18.0 Å². The van der Waals surface area contributed by atoms with Gasteiger partial charge < -0.3 is 4.98 Å². The number of anilines is 1. The van der Waals surface area contributed by atoms with E-state index in [1.807, 2.05) is 0 Å². The molecule has 2 N–H and O–H groups in total. The maximum absolute atomic E-state index is 13.1. The Bertz CT molecular complexity index is 788. The number of rotatable bonds is 2. The Morgan fingerprint density at radius 3 is 2.43 bits per heavy atom. The average Bonchev–Trinajstić information content (AvgIpc) is 2.86. The van der Waals surface area contributed by atoms with Gasteiger partial charge in [0.2, 0.25) is 5.95 Å². The molecular weight excluding hydrogens is 283 g/mol. The van der Waals surface area contributed by atoms with Crippen LogP contribution in [0.3, 0.4) is 0 Å². The van der Waals surface area contributed by atoms with Crippen molar-refractivity contribution in [2.24, 2.45) is 0 Å². The third kappa shape index (κ3) is 2.45. The minimum atomic E-state index is -1.62. The summed E-state index contributed by atoms with van der Waals surface area (Å²) in [5.74, 6) is -5.14. The van der Waals surface area contributed by atoms with Crippen molar-refractivity contribution in [2.75, 3.05) is 5.32 Å². The Kier molecular flexibility index (Phi) is 3.09. The van der Waals surface area contributed by atoms with E-state index in [1.54, 1.807) is 24.3 Å². The Balaban J connectivity index is 1.89. The molecule has 2 aromatic carbocycles. The van der Waals surface area contributed by atoms with Crippen molar-refractivity contribution in [3.05, 3.63) is 59.4 Å². The van der Waals surface area contributed by atoms with Crippen molar-refractivity contribution >= 4 is 22.9 Å². The monoisotopic (exact) mass is 291 g/mol. The maximum atomic E-state index is 13.1. The van der Waals surface area contributed by atoms with E-state index in [-0.39, 0.29) is 11.5 Å². The molecule has 0 bridgehead atoms. The minimum absolute atomic E-state index is 0.131. The molecule has 1 heterocycles. The molecule has 4 nitrogen and oxygen atoms in total. The predicted molar refractivity (Wildman–Crippen MR) is 70.4 cm³/mol. The second-order valence-electron chi connectivity index (χ2n) is 4.31. The quantitative estimate of drug-likeness (QED) is 0.712.